The number of rotatable bonds is 10. The van der Waals surface area contributed by atoms with E-state index in [0.29, 0.717) is 18.5 Å². The molecule has 0 spiro atoms. The first-order valence-electron chi connectivity index (χ1n) is 12.2. The van der Waals surface area contributed by atoms with Gasteiger partial charge in [-0.25, -0.2) is 0 Å². The first-order valence-corrected chi connectivity index (χ1v) is 13.2. The molecule has 6 heteroatoms. The summed E-state index contributed by atoms with van der Waals surface area (Å²) in [5.74, 6) is -0.110. The Hall–Kier alpha value is -3.48. The number of hydrogen-bond donors (Lipinski definition) is 1. The van der Waals surface area contributed by atoms with Crippen LogP contribution in [-0.2, 0) is 16.1 Å². The highest BCUT2D eigenvalue weighted by Crippen LogP contribution is 2.38. The number of amides is 1. The van der Waals surface area contributed by atoms with E-state index in [1.54, 1.807) is 12.1 Å². The Bertz CT molecular complexity index is 1220. The maximum absolute atomic E-state index is 13.2. The topological polar surface area (TPSA) is 72.5 Å². The molecule has 0 saturated heterocycles. The molecule has 1 aliphatic carbocycles. The molecule has 0 aliphatic heterocycles. The fourth-order valence-corrected chi connectivity index (χ4v) is 5.24. The van der Waals surface area contributed by atoms with Crippen LogP contribution in [0.4, 0.5) is 5.69 Å². The summed E-state index contributed by atoms with van der Waals surface area (Å²) < 4.78 is 26.9. The van der Waals surface area contributed by atoms with Crippen molar-refractivity contribution in [3.05, 3.63) is 125 Å². The summed E-state index contributed by atoms with van der Waals surface area (Å²) in [6, 6.07) is 25.1. The molecule has 1 N–H and O–H groups in total. The number of allylic oxidation sites excluding steroid dienone is 4. The lowest BCUT2D eigenvalue weighted by Crippen LogP contribution is -2.42. The highest BCUT2D eigenvalue weighted by atomic mass is 32.2. The van der Waals surface area contributed by atoms with E-state index in [4.69, 9.17) is 0 Å². The van der Waals surface area contributed by atoms with Crippen molar-refractivity contribution < 1.29 is 13.6 Å². The number of nitrogens with zero attached hydrogens (tertiary/aromatic N) is 1. The molecule has 0 fully saturated rings. The van der Waals surface area contributed by atoms with E-state index >= 15 is 0 Å². The van der Waals surface area contributed by atoms with Crippen molar-refractivity contribution in [3.63, 3.8) is 0 Å². The zero-order chi connectivity index (χ0) is 25.3. The molecule has 36 heavy (non-hydrogen) atoms. The second-order valence-electron chi connectivity index (χ2n) is 8.96. The van der Waals surface area contributed by atoms with Gasteiger partial charge in [0.2, 0.25) is 5.91 Å². The average molecular weight is 500 g/mol. The molecule has 3 aromatic carbocycles. The van der Waals surface area contributed by atoms with Crippen LogP contribution in [0.25, 0.3) is 0 Å². The van der Waals surface area contributed by atoms with Gasteiger partial charge >= 0.3 is 0 Å². The van der Waals surface area contributed by atoms with Crippen molar-refractivity contribution in [2.45, 2.75) is 44.7 Å². The lowest BCUT2D eigenvalue weighted by molar-refractivity contribution is -0.122. The molecule has 5 nitrogen and oxygen atoms in total. The largest absolute Gasteiger partial charge is 0.755 e. The summed E-state index contributed by atoms with van der Waals surface area (Å²) in [4.78, 5) is 13.2. The number of aryl methyl sites for hydroxylation is 1. The van der Waals surface area contributed by atoms with Gasteiger partial charge in [-0.3, -0.25) is 13.3 Å². The van der Waals surface area contributed by atoms with Gasteiger partial charge in [-0.05, 0) is 49.4 Å². The molecule has 0 bridgehead atoms. The average Bonchev–Trinajstić information content (AvgIpc) is 2.91. The molecule has 0 heterocycles. The Morgan fingerprint density at radius 1 is 0.944 bits per heavy atom. The zero-order valence-electron chi connectivity index (χ0n) is 20.4. The molecule has 4 rings (SSSR count). The smallest absolute Gasteiger partial charge is 0.220 e. The first kappa shape index (κ1) is 25.6. The Morgan fingerprint density at radius 2 is 1.58 bits per heavy atom. The van der Waals surface area contributed by atoms with Crippen LogP contribution >= 0.6 is 0 Å². The molecular weight excluding hydrogens is 468 g/mol. The molecule has 1 amide bonds. The van der Waals surface area contributed by atoms with Crippen molar-refractivity contribution in [2.75, 3.05) is 4.31 Å². The van der Waals surface area contributed by atoms with Crippen LogP contribution in [0.2, 0.25) is 0 Å². The maximum atomic E-state index is 13.2. The number of carbonyl (C=O) groups excluding carboxylic acids is 1. The van der Waals surface area contributed by atoms with Crippen molar-refractivity contribution in [2.24, 2.45) is 0 Å². The van der Waals surface area contributed by atoms with Crippen molar-refractivity contribution in [3.8, 4) is 0 Å². The summed E-state index contributed by atoms with van der Waals surface area (Å²) in [6.45, 7) is 1.96. The molecular formula is C30H31N2O3S-. The predicted molar refractivity (Wildman–Crippen MR) is 145 cm³/mol. The molecule has 186 valence electrons. The van der Waals surface area contributed by atoms with Gasteiger partial charge in [-0.2, -0.15) is 0 Å². The molecule has 3 atom stereocenters. The van der Waals surface area contributed by atoms with E-state index in [0.717, 1.165) is 29.5 Å². The minimum Gasteiger partial charge on any atom is -0.755 e. The number of benzene rings is 3. The maximum Gasteiger partial charge on any atom is 0.220 e. The van der Waals surface area contributed by atoms with Crippen LogP contribution in [0.5, 0.6) is 0 Å². The first-order chi connectivity index (χ1) is 17.5. The van der Waals surface area contributed by atoms with Crippen LogP contribution in [0.15, 0.2) is 109 Å². The quantitative estimate of drug-likeness (QED) is 0.265. The predicted octanol–water partition coefficient (Wildman–Crippen LogP) is 6.25. The Kier molecular flexibility index (Phi) is 8.87. The van der Waals surface area contributed by atoms with Gasteiger partial charge < -0.3 is 9.87 Å². The van der Waals surface area contributed by atoms with Crippen molar-refractivity contribution >= 4 is 22.9 Å². The van der Waals surface area contributed by atoms with Crippen LogP contribution in [0.1, 0.15) is 54.5 Å². The molecule has 0 saturated carbocycles. The number of carbonyl (C=O) groups is 1. The van der Waals surface area contributed by atoms with E-state index < -0.39 is 23.4 Å². The van der Waals surface area contributed by atoms with Crippen LogP contribution in [0.3, 0.4) is 0 Å². The van der Waals surface area contributed by atoms with Crippen LogP contribution < -0.4 is 9.62 Å². The minimum absolute atomic E-state index is 0.110. The molecule has 3 unspecified atom stereocenters. The van der Waals surface area contributed by atoms with Gasteiger partial charge in [-0.15, -0.1) is 0 Å². The number of hydrogen-bond acceptors (Lipinski definition) is 3. The van der Waals surface area contributed by atoms with E-state index in [1.807, 2.05) is 79.7 Å². The number of anilines is 1. The van der Waals surface area contributed by atoms with Gasteiger partial charge in [0.25, 0.3) is 0 Å². The summed E-state index contributed by atoms with van der Waals surface area (Å²) in [7, 11) is 0. The molecule has 1 aliphatic rings. The fraction of sp³-hybridized carbons (Fsp3) is 0.233. The third-order valence-electron chi connectivity index (χ3n) is 6.40. The molecule has 0 aromatic heterocycles. The second kappa shape index (κ2) is 12.5. The van der Waals surface area contributed by atoms with Crippen LogP contribution in [-0.4, -0.2) is 14.7 Å². The van der Waals surface area contributed by atoms with Gasteiger partial charge in [0.1, 0.15) is 0 Å². The minimum atomic E-state index is -2.59. The third kappa shape index (κ3) is 6.59. The SMILES string of the molecule is Cc1ccc(N(C(c2ccccc2)C(NC(=O)CCC2=CCC=CC2)c2ccccc2)S(=O)[O-])cc1. The van der Waals surface area contributed by atoms with Gasteiger partial charge in [0.15, 0.2) is 0 Å². The van der Waals surface area contributed by atoms with Gasteiger partial charge in [-0.1, -0.05) is 102 Å². The van der Waals surface area contributed by atoms with Crippen molar-refractivity contribution in [1.29, 1.82) is 0 Å². The van der Waals surface area contributed by atoms with E-state index in [-0.39, 0.29) is 5.91 Å². The second-order valence-corrected chi connectivity index (χ2v) is 9.79. The highest BCUT2D eigenvalue weighted by molar-refractivity contribution is 7.80. The third-order valence-corrected chi connectivity index (χ3v) is 7.16. The highest BCUT2D eigenvalue weighted by Gasteiger charge is 2.33. The molecule has 0 radical (unpaired) electrons. The lowest BCUT2D eigenvalue weighted by Gasteiger charge is -2.40. The van der Waals surface area contributed by atoms with Crippen LogP contribution in [0, 0.1) is 6.92 Å². The Balaban J connectivity index is 1.72. The molecule has 3 aromatic rings. The zero-order valence-corrected chi connectivity index (χ0v) is 21.2. The Labute approximate surface area is 216 Å². The summed E-state index contributed by atoms with van der Waals surface area (Å²) >= 11 is -2.59. The normalized spacial score (nSPS) is 15.4. The standard InChI is InChI=1S/C30H32N2O3S/c1-23-17-20-27(21-18-23)32(36(34)35)30(26-15-9-4-10-16-26)29(25-13-7-3-8-14-25)31-28(33)22-19-24-11-5-2-6-12-24/h2-5,7-10,12-18,20-21,29-30H,6,11,19,22H2,1H3,(H,31,33)(H,34,35)/p-1. The van der Waals surface area contributed by atoms with Gasteiger partial charge in [0, 0.05) is 23.4 Å². The number of nitrogens with one attached hydrogen (secondary N) is 1. The monoisotopic (exact) mass is 499 g/mol. The summed E-state index contributed by atoms with van der Waals surface area (Å²) in [6.07, 6.45) is 9.24. The van der Waals surface area contributed by atoms with Gasteiger partial charge in [0.05, 0.1) is 12.1 Å². The fourth-order valence-electron chi connectivity index (χ4n) is 4.52. The van der Waals surface area contributed by atoms with E-state index in [9.17, 15) is 13.6 Å². The lowest BCUT2D eigenvalue weighted by atomic mass is 9.92. The Morgan fingerprint density at radius 3 is 2.17 bits per heavy atom. The van der Waals surface area contributed by atoms with Crippen molar-refractivity contribution in [1.82, 2.24) is 5.32 Å². The summed E-state index contributed by atoms with van der Waals surface area (Å²) in [5, 5.41) is 3.19. The summed E-state index contributed by atoms with van der Waals surface area (Å²) in [5.41, 5.74) is 4.45. The van der Waals surface area contributed by atoms with E-state index in [1.165, 1.54) is 9.88 Å². The van der Waals surface area contributed by atoms with E-state index in [2.05, 4.69) is 23.5 Å².